The molecular weight excluding hydrogens is 194 g/mol. The van der Waals surface area contributed by atoms with Crippen LogP contribution in [0.1, 0.15) is 20.8 Å². The van der Waals surface area contributed by atoms with Crippen LogP contribution in [0.15, 0.2) is 42.5 Å². The molecule has 2 aromatic carbocycles. The van der Waals surface area contributed by atoms with Gasteiger partial charge in [-0.1, -0.05) is 36.4 Å². The largest absolute Gasteiger partial charge is 0.192 e. The molecule has 78 valence electrons. The zero-order valence-electron chi connectivity index (χ0n) is 12.0. The second-order valence-electron chi connectivity index (χ2n) is 3.64. The third-order valence-corrected chi connectivity index (χ3v) is 2.67. The van der Waals surface area contributed by atoms with E-state index in [0.717, 1.165) is 11.1 Å². The quantitative estimate of drug-likeness (QED) is 0.701. The minimum Gasteiger partial charge on any atom is -0.192 e. The molecule has 0 saturated carbocycles. The lowest BCUT2D eigenvalue weighted by Crippen LogP contribution is -1.89. The maximum atomic E-state index is 9.06. The normalized spacial score (nSPS) is 13.4. The first-order valence-electron chi connectivity index (χ1n) is 6.54. The second kappa shape index (κ2) is 4.20. The third kappa shape index (κ3) is 1.70. The molecule has 0 amide bonds. The molecule has 0 unspecified atom stereocenters. The van der Waals surface area contributed by atoms with Gasteiger partial charge in [-0.15, -0.1) is 0 Å². The van der Waals surface area contributed by atoms with Crippen molar-refractivity contribution >= 4 is 0 Å². The Kier molecular flexibility index (Phi) is 1.90. The van der Waals surface area contributed by atoms with Crippen molar-refractivity contribution in [3.63, 3.8) is 0 Å². The minimum atomic E-state index is -2.16. The molecule has 16 heavy (non-hydrogen) atoms. The van der Waals surface area contributed by atoms with Crippen LogP contribution in [0.4, 0.5) is 0 Å². The molecule has 0 fully saturated rings. The summed E-state index contributed by atoms with van der Waals surface area (Å²) in [6, 6.07) is 14.4. The van der Waals surface area contributed by atoms with Crippen molar-refractivity contribution in [3.05, 3.63) is 59.2 Å². The molecule has 0 aromatic heterocycles. The monoisotopic (exact) mass is 210 g/mol. The van der Waals surface area contributed by atoms with Crippen molar-refractivity contribution in [2.75, 3.05) is 0 Å². The van der Waals surface area contributed by atoms with Crippen LogP contribution in [0.25, 0.3) is 11.1 Å². The Balaban J connectivity index is 2.71. The van der Waals surface area contributed by atoms with Gasteiger partial charge in [0.1, 0.15) is 0 Å². The maximum absolute atomic E-state index is 9.06. The highest BCUT2D eigenvalue weighted by molar-refractivity contribution is 5.72. The van der Waals surface area contributed by atoms with Gasteiger partial charge in [0.25, 0.3) is 0 Å². The van der Waals surface area contributed by atoms with Crippen molar-refractivity contribution < 1.29 is 4.11 Å². The first-order valence-corrected chi connectivity index (χ1v) is 5.04. The molecule has 1 heteroatoms. The number of nitriles is 1. The molecule has 0 heterocycles. The zero-order valence-corrected chi connectivity index (χ0v) is 8.99. The maximum Gasteiger partial charge on any atom is 0.0994 e. The minimum absolute atomic E-state index is 0.313. The Morgan fingerprint density at radius 1 is 1.06 bits per heavy atom. The molecule has 1 nitrogen and oxygen atoms in total. The van der Waals surface area contributed by atoms with Gasteiger partial charge in [-0.05, 0) is 42.1 Å². The lowest BCUT2D eigenvalue weighted by Gasteiger charge is -2.09. The topological polar surface area (TPSA) is 23.8 Å². The first-order chi connectivity index (χ1) is 8.95. The van der Waals surface area contributed by atoms with E-state index in [1.54, 1.807) is 30.3 Å². The van der Waals surface area contributed by atoms with Crippen LogP contribution in [-0.2, 0) is 0 Å². The molecule has 0 aliphatic heterocycles. The second-order valence-corrected chi connectivity index (χ2v) is 3.64. The van der Waals surface area contributed by atoms with Crippen molar-refractivity contribution in [2.45, 2.75) is 13.8 Å². The lowest BCUT2D eigenvalue weighted by molar-refractivity contribution is 1.37. The summed E-state index contributed by atoms with van der Waals surface area (Å²) in [5, 5.41) is 9.06. The fraction of sp³-hybridized carbons (Fsp3) is 0.133. The molecule has 2 rings (SSSR count). The number of hydrogen-bond acceptors (Lipinski definition) is 1. The summed E-state index contributed by atoms with van der Waals surface area (Å²) < 4.78 is 22.8. The van der Waals surface area contributed by atoms with Gasteiger partial charge in [0.15, 0.2) is 0 Å². The van der Waals surface area contributed by atoms with Gasteiger partial charge in [0.2, 0.25) is 0 Å². The summed E-state index contributed by atoms with van der Waals surface area (Å²) in [5.41, 5.74) is 3.15. The van der Waals surface area contributed by atoms with E-state index in [1.807, 2.05) is 19.1 Å². The molecule has 0 N–H and O–H groups in total. The third-order valence-electron chi connectivity index (χ3n) is 2.67. The van der Waals surface area contributed by atoms with Crippen molar-refractivity contribution in [1.29, 1.82) is 5.26 Å². The van der Waals surface area contributed by atoms with Crippen LogP contribution in [0.2, 0.25) is 0 Å². The van der Waals surface area contributed by atoms with Gasteiger partial charge in [-0.3, -0.25) is 0 Å². The van der Waals surface area contributed by atoms with Crippen LogP contribution in [0, 0.1) is 25.1 Å². The van der Waals surface area contributed by atoms with Gasteiger partial charge in [-0.2, -0.15) is 5.26 Å². The Hall–Kier alpha value is -2.07. The van der Waals surface area contributed by atoms with Crippen LogP contribution in [0.5, 0.6) is 0 Å². The molecular formula is C15H13N. The summed E-state index contributed by atoms with van der Waals surface area (Å²) >= 11 is 0. The smallest absolute Gasteiger partial charge is 0.0994 e. The zero-order chi connectivity index (χ0) is 14.0. The number of benzene rings is 2. The molecule has 0 radical (unpaired) electrons. The number of hydrogen-bond donors (Lipinski definition) is 0. The lowest BCUT2D eigenvalue weighted by atomic mass is 9.94. The summed E-state index contributed by atoms with van der Waals surface area (Å²) in [5.74, 6) is 0. The average molecular weight is 210 g/mol. The predicted octanol–water partition coefficient (Wildman–Crippen LogP) is 3.84. The summed E-state index contributed by atoms with van der Waals surface area (Å²) in [6.07, 6.45) is 0. The van der Waals surface area contributed by atoms with Gasteiger partial charge in [0.05, 0.1) is 11.6 Å². The number of rotatable bonds is 1. The molecule has 2 aromatic rings. The van der Waals surface area contributed by atoms with Crippen LogP contribution < -0.4 is 0 Å². The first kappa shape index (κ1) is 7.24. The van der Waals surface area contributed by atoms with Crippen molar-refractivity contribution in [3.8, 4) is 17.2 Å². The van der Waals surface area contributed by atoms with Crippen molar-refractivity contribution in [1.82, 2.24) is 0 Å². The molecule has 0 atom stereocenters. The van der Waals surface area contributed by atoms with Crippen molar-refractivity contribution in [2.24, 2.45) is 0 Å². The van der Waals surface area contributed by atoms with Gasteiger partial charge in [0, 0.05) is 4.11 Å². The highest BCUT2D eigenvalue weighted by Crippen LogP contribution is 2.27. The molecule has 0 aliphatic rings. The predicted molar refractivity (Wildman–Crippen MR) is 66.1 cm³/mol. The Morgan fingerprint density at radius 3 is 2.56 bits per heavy atom. The molecule has 0 spiro atoms. The highest BCUT2D eigenvalue weighted by atomic mass is 14.2. The van der Waals surface area contributed by atoms with E-state index in [2.05, 4.69) is 6.07 Å². The summed E-state index contributed by atoms with van der Waals surface area (Å²) in [7, 11) is 0. The van der Waals surface area contributed by atoms with E-state index in [4.69, 9.17) is 9.37 Å². The van der Waals surface area contributed by atoms with E-state index >= 15 is 0 Å². The summed E-state index contributed by atoms with van der Waals surface area (Å²) in [6.45, 7) is -0.324. The fourth-order valence-electron chi connectivity index (χ4n) is 1.77. The van der Waals surface area contributed by atoms with E-state index < -0.39 is 6.85 Å². The summed E-state index contributed by atoms with van der Waals surface area (Å²) in [4.78, 5) is 0. The van der Waals surface area contributed by atoms with E-state index in [1.165, 1.54) is 0 Å². The van der Waals surface area contributed by atoms with E-state index in [0.29, 0.717) is 16.7 Å². The van der Waals surface area contributed by atoms with Gasteiger partial charge < -0.3 is 0 Å². The SMILES string of the molecule is [2H]C([2H])([2H])c1ccccc1-c1cccc(C#N)c1C. The van der Waals surface area contributed by atoms with E-state index in [-0.39, 0.29) is 0 Å². The molecule has 0 saturated heterocycles. The van der Waals surface area contributed by atoms with Gasteiger partial charge in [-0.25, -0.2) is 0 Å². The Labute approximate surface area is 100 Å². The highest BCUT2D eigenvalue weighted by Gasteiger charge is 2.06. The number of aryl methyl sites for hydroxylation is 1. The molecule has 0 aliphatic carbocycles. The van der Waals surface area contributed by atoms with Gasteiger partial charge >= 0.3 is 0 Å². The van der Waals surface area contributed by atoms with E-state index in [9.17, 15) is 0 Å². The Bertz CT molecular complexity index is 651. The standard InChI is InChI=1S/C15H13N/c1-11-6-3-4-8-14(11)15-9-5-7-13(10-16)12(15)2/h3-9H,1-2H3/i1D3. The van der Waals surface area contributed by atoms with Crippen LogP contribution >= 0.6 is 0 Å². The molecule has 0 bridgehead atoms. The van der Waals surface area contributed by atoms with Crippen LogP contribution in [0.3, 0.4) is 0 Å². The average Bonchev–Trinajstić information content (AvgIpc) is 2.38. The number of nitrogens with zero attached hydrogens (tertiary/aromatic N) is 1. The Morgan fingerprint density at radius 2 is 1.81 bits per heavy atom. The van der Waals surface area contributed by atoms with Crippen LogP contribution in [-0.4, -0.2) is 0 Å². The fourth-order valence-corrected chi connectivity index (χ4v) is 1.77.